The van der Waals surface area contributed by atoms with Gasteiger partial charge in [-0.3, -0.25) is 4.79 Å². The monoisotopic (exact) mass is 194 g/mol. The lowest BCUT2D eigenvalue weighted by Gasteiger charge is -2.21. The van der Waals surface area contributed by atoms with E-state index in [0.29, 0.717) is 5.92 Å². The van der Waals surface area contributed by atoms with Crippen LogP contribution in [0.3, 0.4) is 0 Å². The molecule has 78 valence electrons. The molecule has 0 unspecified atom stereocenters. The molecule has 3 heteroatoms. The summed E-state index contributed by atoms with van der Waals surface area (Å²) in [6.45, 7) is 4.18. The van der Waals surface area contributed by atoms with Gasteiger partial charge in [-0.1, -0.05) is 13.8 Å². The average molecular weight is 194 g/mol. The van der Waals surface area contributed by atoms with E-state index in [-0.39, 0.29) is 5.43 Å². The summed E-state index contributed by atoms with van der Waals surface area (Å²) in [5.74, 6) is 1.31. The molecular formula is C11H18N2O. The molecule has 0 aliphatic rings. The second-order valence-electron chi connectivity index (χ2n) is 4.08. The summed E-state index contributed by atoms with van der Waals surface area (Å²) in [4.78, 5) is 13.4. The summed E-state index contributed by atoms with van der Waals surface area (Å²) in [5.41, 5.74) is 1.15. The van der Waals surface area contributed by atoms with E-state index in [9.17, 15) is 4.79 Å². The molecule has 1 aromatic heterocycles. The minimum atomic E-state index is 0.0792. The van der Waals surface area contributed by atoms with Gasteiger partial charge in [-0.05, 0) is 5.92 Å². The molecule has 0 aromatic carbocycles. The Labute approximate surface area is 85.0 Å². The van der Waals surface area contributed by atoms with E-state index < -0.39 is 0 Å². The van der Waals surface area contributed by atoms with Crippen molar-refractivity contribution in [3.05, 3.63) is 28.0 Å². The third-order valence-electron chi connectivity index (χ3n) is 2.34. The Morgan fingerprint density at radius 2 is 1.86 bits per heavy atom. The molecule has 0 bridgehead atoms. The second-order valence-corrected chi connectivity index (χ2v) is 4.08. The summed E-state index contributed by atoms with van der Waals surface area (Å²) in [7, 11) is 5.88. The minimum absolute atomic E-state index is 0.0792. The summed E-state index contributed by atoms with van der Waals surface area (Å²) in [6, 6.07) is 3.36. The number of aromatic nitrogens is 1. The van der Waals surface area contributed by atoms with E-state index in [2.05, 4.69) is 18.4 Å². The van der Waals surface area contributed by atoms with Crippen LogP contribution in [0.4, 0.5) is 5.82 Å². The first-order chi connectivity index (χ1) is 6.43. The zero-order chi connectivity index (χ0) is 10.9. The van der Waals surface area contributed by atoms with Gasteiger partial charge in [0.15, 0.2) is 5.43 Å². The largest absolute Gasteiger partial charge is 0.364 e. The first kappa shape index (κ1) is 10.8. The fourth-order valence-corrected chi connectivity index (χ4v) is 1.62. The van der Waals surface area contributed by atoms with Crippen molar-refractivity contribution < 1.29 is 0 Å². The van der Waals surface area contributed by atoms with E-state index in [1.165, 1.54) is 0 Å². The zero-order valence-corrected chi connectivity index (χ0v) is 9.53. The van der Waals surface area contributed by atoms with Crippen molar-refractivity contribution in [3.8, 4) is 0 Å². The van der Waals surface area contributed by atoms with Crippen molar-refractivity contribution >= 4 is 5.82 Å². The molecule has 0 aliphatic heterocycles. The van der Waals surface area contributed by atoms with Crippen LogP contribution in [0, 0.1) is 0 Å². The van der Waals surface area contributed by atoms with Crippen LogP contribution >= 0.6 is 0 Å². The Balaban J connectivity index is 3.40. The van der Waals surface area contributed by atoms with Gasteiger partial charge in [-0.25, -0.2) is 0 Å². The molecule has 0 saturated heterocycles. The van der Waals surface area contributed by atoms with E-state index in [0.717, 1.165) is 11.5 Å². The van der Waals surface area contributed by atoms with Gasteiger partial charge < -0.3 is 9.47 Å². The van der Waals surface area contributed by atoms with Crippen LogP contribution in [0.1, 0.15) is 25.5 Å². The van der Waals surface area contributed by atoms with Crippen molar-refractivity contribution in [1.82, 2.24) is 4.57 Å². The molecule has 0 radical (unpaired) electrons. The van der Waals surface area contributed by atoms with Crippen molar-refractivity contribution in [2.24, 2.45) is 7.05 Å². The third-order valence-corrected chi connectivity index (χ3v) is 2.34. The lowest BCUT2D eigenvalue weighted by molar-refractivity contribution is 0.716. The molecule has 0 amide bonds. The Hall–Kier alpha value is -1.25. The summed E-state index contributed by atoms with van der Waals surface area (Å²) in [5, 5.41) is 0. The van der Waals surface area contributed by atoms with Gasteiger partial charge in [0, 0.05) is 39.0 Å². The normalized spacial score (nSPS) is 10.7. The van der Waals surface area contributed by atoms with Crippen LogP contribution < -0.4 is 10.3 Å². The van der Waals surface area contributed by atoms with Crippen LogP contribution in [0.5, 0.6) is 0 Å². The standard InChI is InChI=1S/C11H18N2O/c1-8(2)10-6-9(14)7-11(12(3)4)13(10)5/h6-8H,1-5H3. The minimum Gasteiger partial charge on any atom is -0.364 e. The van der Waals surface area contributed by atoms with E-state index in [1.54, 1.807) is 12.1 Å². The summed E-state index contributed by atoms with van der Waals surface area (Å²) < 4.78 is 2.06. The molecule has 14 heavy (non-hydrogen) atoms. The highest BCUT2D eigenvalue weighted by atomic mass is 16.1. The van der Waals surface area contributed by atoms with Gasteiger partial charge in [0.05, 0.1) is 0 Å². The highest BCUT2D eigenvalue weighted by Crippen LogP contribution is 2.16. The highest BCUT2D eigenvalue weighted by molar-refractivity contribution is 5.39. The van der Waals surface area contributed by atoms with Gasteiger partial charge in [-0.2, -0.15) is 0 Å². The van der Waals surface area contributed by atoms with Gasteiger partial charge >= 0.3 is 0 Å². The molecule has 1 heterocycles. The van der Waals surface area contributed by atoms with Crippen molar-refractivity contribution in [2.75, 3.05) is 19.0 Å². The molecular weight excluding hydrogens is 176 g/mol. The summed E-state index contributed by atoms with van der Waals surface area (Å²) in [6.07, 6.45) is 0. The Morgan fingerprint density at radius 1 is 1.29 bits per heavy atom. The summed E-state index contributed by atoms with van der Waals surface area (Å²) >= 11 is 0. The highest BCUT2D eigenvalue weighted by Gasteiger charge is 2.08. The molecule has 0 atom stereocenters. The van der Waals surface area contributed by atoms with Crippen LogP contribution in [-0.2, 0) is 7.05 Å². The molecule has 0 spiro atoms. The first-order valence-corrected chi connectivity index (χ1v) is 4.81. The van der Waals surface area contributed by atoms with Gasteiger partial charge in [-0.15, -0.1) is 0 Å². The van der Waals surface area contributed by atoms with Crippen LogP contribution in [0.2, 0.25) is 0 Å². The Morgan fingerprint density at radius 3 is 2.29 bits per heavy atom. The molecule has 1 aromatic rings. The first-order valence-electron chi connectivity index (χ1n) is 4.81. The molecule has 1 rings (SSSR count). The predicted octanol–water partition coefficient (Wildman–Crippen LogP) is 1.57. The number of nitrogens with zero attached hydrogens (tertiary/aromatic N) is 2. The number of hydrogen-bond donors (Lipinski definition) is 0. The van der Waals surface area contributed by atoms with Crippen molar-refractivity contribution in [3.63, 3.8) is 0 Å². The smallest absolute Gasteiger partial charge is 0.184 e. The number of rotatable bonds is 2. The zero-order valence-electron chi connectivity index (χ0n) is 9.53. The molecule has 0 saturated carbocycles. The van der Waals surface area contributed by atoms with Gasteiger partial charge in [0.25, 0.3) is 0 Å². The number of anilines is 1. The third kappa shape index (κ3) is 1.97. The Kier molecular flexibility index (Phi) is 2.99. The molecule has 3 nitrogen and oxygen atoms in total. The predicted molar refractivity (Wildman–Crippen MR) is 60.1 cm³/mol. The quantitative estimate of drug-likeness (QED) is 0.714. The lowest BCUT2D eigenvalue weighted by atomic mass is 10.1. The van der Waals surface area contributed by atoms with Crippen LogP contribution in [0.15, 0.2) is 16.9 Å². The van der Waals surface area contributed by atoms with Gasteiger partial charge in [0.1, 0.15) is 5.82 Å². The molecule has 0 aliphatic carbocycles. The van der Waals surface area contributed by atoms with E-state index in [1.807, 2.05) is 26.0 Å². The molecule has 0 N–H and O–H groups in total. The topological polar surface area (TPSA) is 25.2 Å². The molecule has 0 fully saturated rings. The maximum atomic E-state index is 11.4. The Bertz CT molecular complexity index is 345. The fourth-order valence-electron chi connectivity index (χ4n) is 1.62. The second kappa shape index (κ2) is 3.86. The maximum absolute atomic E-state index is 11.4. The lowest BCUT2D eigenvalue weighted by Crippen LogP contribution is -2.21. The van der Waals surface area contributed by atoms with Gasteiger partial charge in [0.2, 0.25) is 0 Å². The average Bonchev–Trinajstić information content (AvgIpc) is 2.07. The van der Waals surface area contributed by atoms with Crippen molar-refractivity contribution in [2.45, 2.75) is 19.8 Å². The van der Waals surface area contributed by atoms with Crippen molar-refractivity contribution in [1.29, 1.82) is 0 Å². The number of pyridine rings is 1. The SMILES string of the molecule is CC(C)c1cc(=O)cc(N(C)C)n1C. The van der Waals surface area contributed by atoms with E-state index >= 15 is 0 Å². The van der Waals surface area contributed by atoms with Crippen LogP contribution in [-0.4, -0.2) is 18.7 Å². The number of hydrogen-bond acceptors (Lipinski definition) is 2. The van der Waals surface area contributed by atoms with Crippen LogP contribution in [0.25, 0.3) is 0 Å². The van der Waals surface area contributed by atoms with E-state index in [4.69, 9.17) is 0 Å². The fraction of sp³-hybridized carbons (Fsp3) is 0.545. The maximum Gasteiger partial charge on any atom is 0.184 e.